The van der Waals surface area contributed by atoms with Crippen molar-refractivity contribution >= 4 is 5.65 Å². The van der Waals surface area contributed by atoms with Crippen LogP contribution in [0.2, 0.25) is 0 Å². The SMILES string of the molecule is Cc1ccc(-c2nc3c(C)cccn3[n+]2[O-])cc1. The van der Waals surface area contributed by atoms with Gasteiger partial charge in [-0.15, -0.1) is 9.36 Å². The van der Waals surface area contributed by atoms with E-state index in [1.165, 1.54) is 4.52 Å². The molecule has 4 heteroatoms. The highest BCUT2D eigenvalue weighted by atomic mass is 16.5. The normalized spacial score (nSPS) is 11.0. The number of aryl methyl sites for hydroxylation is 2. The first kappa shape index (κ1) is 10.8. The molecule has 0 bridgehead atoms. The van der Waals surface area contributed by atoms with Gasteiger partial charge >= 0.3 is 5.82 Å². The highest BCUT2D eigenvalue weighted by Crippen LogP contribution is 2.16. The Bertz CT molecular complexity index is 714. The van der Waals surface area contributed by atoms with Gasteiger partial charge in [-0.2, -0.15) is 0 Å². The van der Waals surface area contributed by atoms with Crippen molar-refractivity contribution in [2.45, 2.75) is 13.8 Å². The summed E-state index contributed by atoms with van der Waals surface area (Å²) in [5.74, 6) is 0.435. The Kier molecular flexibility index (Phi) is 2.30. The fourth-order valence-corrected chi connectivity index (χ4v) is 2.00. The second-order valence-electron chi connectivity index (χ2n) is 4.43. The first-order chi connectivity index (χ1) is 8.66. The molecule has 0 spiro atoms. The minimum absolute atomic E-state index is 0.435. The Morgan fingerprint density at radius 1 is 1.11 bits per heavy atom. The second kappa shape index (κ2) is 3.84. The predicted octanol–water partition coefficient (Wildman–Crippen LogP) is 2.25. The average molecular weight is 239 g/mol. The van der Waals surface area contributed by atoms with Crippen molar-refractivity contribution in [3.8, 4) is 11.4 Å². The van der Waals surface area contributed by atoms with Gasteiger partial charge in [0.25, 0.3) is 5.65 Å². The Balaban J connectivity index is 2.27. The third-order valence-electron chi connectivity index (χ3n) is 3.04. The molecule has 3 rings (SSSR count). The van der Waals surface area contributed by atoms with Crippen LogP contribution in [0.1, 0.15) is 11.1 Å². The van der Waals surface area contributed by atoms with E-state index in [1.807, 2.05) is 50.2 Å². The van der Waals surface area contributed by atoms with Crippen LogP contribution in [0, 0.1) is 19.1 Å². The summed E-state index contributed by atoms with van der Waals surface area (Å²) in [5, 5.41) is 12.2. The van der Waals surface area contributed by atoms with Crippen LogP contribution >= 0.6 is 0 Å². The van der Waals surface area contributed by atoms with Gasteiger partial charge in [0.15, 0.2) is 0 Å². The lowest BCUT2D eigenvalue weighted by molar-refractivity contribution is -0.667. The number of hydrogen-bond donors (Lipinski definition) is 0. The van der Waals surface area contributed by atoms with E-state index < -0.39 is 0 Å². The molecule has 0 amide bonds. The molecule has 0 unspecified atom stereocenters. The summed E-state index contributed by atoms with van der Waals surface area (Å²) in [4.78, 5) is 5.25. The van der Waals surface area contributed by atoms with Crippen molar-refractivity contribution in [2.24, 2.45) is 0 Å². The monoisotopic (exact) mass is 239 g/mol. The summed E-state index contributed by atoms with van der Waals surface area (Å²) in [6.07, 6.45) is 1.72. The summed E-state index contributed by atoms with van der Waals surface area (Å²) in [6.45, 7) is 3.96. The van der Waals surface area contributed by atoms with Crippen LogP contribution in [0.3, 0.4) is 0 Å². The summed E-state index contributed by atoms with van der Waals surface area (Å²) < 4.78 is 1.52. The lowest BCUT2D eigenvalue weighted by Crippen LogP contribution is -2.34. The van der Waals surface area contributed by atoms with Crippen molar-refractivity contribution in [1.82, 2.24) is 9.50 Å². The largest absolute Gasteiger partial charge is 0.692 e. The highest BCUT2D eigenvalue weighted by molar-refractivity contribution is 5.57. The molecule has 0 aliphatic heterocycles. The molecule has 0 saturated carbocycles. The molecular formula is C14H13N3O. The number of hydrogen-bond acceptors (Lipinski definition) is 2. The molecule has 4 nitrogen and oxygen atoms in total. The van der Waals surface area contributed by atoms with Gasteiger partial charge in [-0.3, -0.25) is 0 Å². The zero-order valence-corrected chi connectivity index (χ0v) is 10.3. The maximum absolute atomic E-state index is 12.2. The molecule has 1 aromatic carbocycles. The molecule has 0 saturated heterocycles. The van der Waals surface area contributed by atoms with E-state index >= 15 is 0 Å². The van der Waals surface area contributed by atoms with Crippen molar-refractivity contribution in [1.29, 1.82) is 0 Å². The van der Waals surface area contributed by atoms with E-state index in [4.69, 9.17) is 0 Å². The van der Waals surface area contributed by atoms with E-state index in [0.29, 0.717) is 11.5 Å². The van der Waals surface area contributed by atoms with E-state index in [9.17, 15) is 5.21 Å². The minimum atomic E-state index is 0.435. The van der Waals surface area contributed by atoms with E-state index in [2.05, 4.69) is 4.98 Å². The molecular weight excluding hydrogens is 226 g/mol. The Morgan fingerprint density at radius 2 is 1.83 bits per heavy atom. The standard InChI is InChI=1S/C14H13N3O/c1-10-5-7-12(8-6-10)14-15-13-11(2)4-3-9-16(13)17(14)18/h3-9H,1-2H3. The highest BCUT2D eigenvalue weighted by Gasteiger charge is 2.19. The molecule has 0 radical (unpaired) electrons. The van der Waals surface area contributed by atoms with Crippen LogP contribution < -0.4 is 4.85 Å². The van der Waals surface area contributed by atoms with E-state index in [1.54, 1.807) is 6.20 Å². The molecule has 0 fully saturated rings. The van der Waals surface area contributed by atoms with Gasteiger partial charge in [0.1, 0.15) is 0 Å². The summed E-state index contributed by atoms with van der Waals surface area (Å²) in [6, 6.07) is 11.6. The van der Waals surface area contributed by atoms with Crippen LogP contribution in [-0.2, 0) is 0 Å². The van der Waals surface area contributed by atoms with E-state index in [-0.39, 0.29) is 0 Å². The lowest BCUT2D eigenvalue weighted by Gasteiger charge is -2.02. The molecule has 2 aromatic heterocycles. The summed E-state index contributed by atoms with van der Waals surface area (Å²) in [5.41, 5.74) is 3.68. The second-order valence-corrected chi connectivity index (χ2v) is 4.43. The topological polar surface area (TPSA) is 44.2 Å². The van der Waals surface area contributed by atoms with Gasteiger partial charge < -0.3 is 5.21 Å². The number of benzene rings is 1. The van der Waals surface area contributed by atoms with Gasteiger partial charge in [-0.05, 0) is 37.0 Å². The Morgan fingerprint density at radius 3 is 2.50 bits per heavy atom. The van der Waals surface area contributed by atoms with Crippen LogP contribution in [-0.4, -0.2) is 9.50 Å². The molecule has 0 atom stereocenters. The summed E-state index contributed by atoms with van der Waals surface area (Å²) >= 11 is 0. The molecule has 2 heterocycles. The number of rotatable bonds is 1. The van der Waals surface area contributed by atoms with Gasteiger partial charge in [-0.1, -0.05) is 23.8 Å². The number of aromatic nitrogens is 3. The zero-order valence-electron chi connectivity index (χ0n) is 10.3. The average Bonchev–Trinajstić information content (AvgIpc) is 2.70. The van der Waals surface area contributed by atoms with Gasteiger partial charge in [-0.25, -0.2) is 0 Å². The Hall–Kier alpha value is -2.36. The van der Waals surface area contributed by atoms with E-state index in [0.717, 1.165) is 21.5 Å². The first-order valence-electron chi connectivity index (χ1n) is 5.81. The maximum atomic E-state index is 12.2. The molecule has 0 aliphatic carbocycles. The number of nitrogens with zero attached hydrogens (tertiary/aromatic N) is 3. The van der Waals surface area contributed by atoms with Crippen LogP contribution in [0.25, 0.3) is 17.0 Å². The predicted molar refractivity (Wildman–Crippen MR) is 69.1 cm³/mol. The van der Waals surface area contributed by atoms with Crippen molar-refractivity contribution < 1.29 is 4.85 Å². The maximum Gasteiger partial charge on any atom is 0.355 e. The number of pyridine rings is 1. The molecule has 0 aliphatic rings. The summed E-state index contributed by atoms with van der Waals surface area (Å²) in [7, 11) is 0. The van der Waals surface area contributed by atoms with Crippen LogP contribution in [0.15, 0.2) is 42.6 Å². The third kappa shape index (κ3) is 1.54. The fraction of sp³-hybridized carbons (Fsp3) is 0.143. The van der Waals surface area contributed by atoms with Gasteiger partial charge in [0.05, 0.1) is 11.8 Å². The molecule has 18 heavy (non-hydrogen) atoms. The van der Waals surface area contributed by atoms with Crippen molar-refractivity contribution in [3.63, 3.8) is 0 Å². The number of fused-ring (bicyclic) bond motifs is 1. The smallest absolute Gasteiger partial charge is 0.355 e. The molecule has 3 aromatic rings. The van der Waals surface area contributed by atoms with Crippen molar-refractivity contribution in [2.75, 3.05) is 0 Å². The quantitative estimate of drug-likeness (QED) is 0.483. The first-order valence-corrected chi connectivity index (χ1v) is 5.81. The third-order valence-corrected chi connectivity index (χ3v) is 3.04. The lowest BCUT2D eigenvalue weighted by atomic mass is 10.1. The van der Waals surface area contributed by atoms with Crippen LogP contribution in [0.4, 0.5) is 0 Å². The fourth-order valence-electron chi connectivity index (χ4n) is 2.00. The zero-order chi connectivity index (χ0) is 12.7. The molecule has 90 valence electrons. The van der Waals surface area contributed by atoms with Gasteiger partial charge in [0, 0.05) is 5.56 Å². The Labute approximate surface area is 105 Å². The van der Waals surface area contributed by atoms with Crippen LogP contribution in [0.5, 0.6) is 0 Å². The molecule has 0 N–H and O–H groups in total. The minimum Gasteiger partial charge on any atom is -0.692 e. The van der Waals surface area contributed by atoms with Gasteiger partial charge in [0.2, 0.25) is 0 Å². The van der Waals surface area contributed by atoms with Crippen molar-refractivity contribution in [3.05, 3.63) is 58.9 Å².